The first-order chi connectivity index (χ1) is 9.65. The molecule has 20 heavy (non-hydrogen) atoms. The second-order valence-corrected chi connectivity index (χ2v) is 4.74. The number of hydrogen-bond acceptors (Lipinski definition) is 2. The van der Waals surface area contributed by atoms with Crippen molar-refractivity contribution in [1.29, 1.82) is 0 Å². The molecule has 0 aliphatic carbocycles. The summed E-state index contributed by atoms with van der Waals surface area (Å²) in [6, 6.07) is 9.80. The summed E-state index contributed by atoms with van der Waals surface area (Å²) in [6.07, 6.45) is 4.69. The van der Waals surface area contributed by atoms with E-state index >= 15 is 0 Å². The summed E-state index contributed by atoms with van der Waals surface area (Å²) in [5.41, 5.74) is 2.56. The van der Waals surface area contributed by atoms with Gasteiger partial charge in [-0.05, 0) is 25.0 Å². The van der Waals surface area contributed by atoms with Crippen molar-refractivity contribution in [3.63, 3.8) is 0 Å². The van der Waals surface area contributed by atoms with Crippen LogP contribution < -0.4 is 10.6 Å². The largest absolute Gasteiger partial charge is 0.352 e. The number of rotatable bonds is 5. The van der Waals surface area contributed by atoms with E-state index < -0.39 is 0 Å². The van der Waals surface area contributed by atoms with Gasteiger partial charge in [0.2, 0.25) is 5.91 Å². The summed E-state index contributed by atoms with van der Waals surface area (Å²) < 4.78 is 0. The zero-order valence-corrected chi connectivity index (χ0v) is 11.5. The average Bonchev–Trinajstić information content (AvgIpc) is 2.76. The molecule has 0 radical (unpaired) electrons. The molecule has 1 aromatic rings. The smallest absolute Gasteiger partial charge is 0.251 e. The number of allylic oxidation sites excluding steroid dienone is 2. The van der Waals surface area contributed by atoms with Crippen molar-refractivity contribution in [2.75, 3.05) is 0 Å². The van der Waals surface area contributed by atoms with Gasteiger partial charge in [-0.25, -0.2) is 0 Å². The van der Waals surface area contributed by atoms with Gasteiger partial charge in [0, 0.05) is 24.2 Å². The Hall–Kier alpha value is -2.36. The fourth-order valence-electron chi connectivity index (χ4n) is 1.92. The third-order valence-electron chi connectivity index (χ3n) is 3.06. The third kappa shape index (κ3) is 4.09. The lowest BCUT2D eigenvalue weighted by atomic mass is 10.2. The summed E-state index contributed by atoms with van der Waals surface area (Å²) in [4.78, 5) is 22.9. The van der Waals surface area contributed by atoms with Gasteiger partial charge in [0.05, 0.1) is 0 Å². The van der Waals surface area contributed by atoms with Gasteiger partial charge in [-0.2, -0.15) is 0 Å². The number of amides is 2. The molecule has 2 N–H and O–H groups in total. The van der Waals surface area contributed by atoms with Gasteiger partial charge in [-0.1, -0.05) is 36.4 Å². The molecule has 0 saturated heterocycles. The summed E-state index contributed by atoms with van der Waals surface area (Å²) in [5, 5.41) is 5.60. The van der Waals surface area contributed by atoms with Crippen LogP contribution in [0.2, 0.25) is 0 Å². The van der Waals surface area contributed by atoms with Gasteiger partial charge >= 0.3 is 0 Å². The normalized spacial score (nSPS) is 15.9. The standard InChI is InChI=1S/C16H18N2O2/c1-12-10-14(18-16(12)20)8-5-9-15(19)17-11-13-6-3-2-4-7-13/h2-4,6-8,10H,5,9,11H2,1H3,(H,17,19)(H,18,20)/b14-8-. The molecule has 0 unspecified atom stereocenters. The van der Waals surface area contributed by atoms with Crippen LogP contribution in [0.1, 0.15) is 25.3 Å². The zero-order chi connectivity index (χ0) is 14.4. The maximum atomic E-state index is 11.7. The molecule has 0 atom stereocenters. The first-order valence-corrected chi connectivity index (χ1v) is 6.65. The highest BCUT2D eigenvalue weighted by molar-refractivity contribution is 5.98. The van der Waals surface area contributed by atoms with Crippen molar-refractivity contribution in [1.82, 2.24) is 10.6 Å². The summed E-state index contributed by atoms with van der Waals surface area (Å²) in [7, 11) is 0. The van der Waals surface area contributed by atoms with E-state index in [9.17, 15) is 9.59 Å². The van der Waals surface area contributed by atoms with Gasteiger partial charge in [0.1, 0.15) is 0 Å². The van der Waals surface area contributed by atoms with E-state index in [4.69, 9.17) is 0 Å². The molecule has 1 aromatic carbocycles. The van der Waals surface area contributed by atoms with Gasteiger partial charge < -0.3 is 10.6 Å². The zero-order valence-electron chi connectivity index (χ0n) is 11.5. The molecule has 0 aromatic heterocycles. The average molecular weight is 270 g/mol. The predicted molar refractivity (Wildman–Crippen MR) is 77.5 cm³/mol. The molecule has 1 heterocycles. The van der Waals surface area contributed by atoms with E-state index in [-0.39, 0.29) is 11.8 Å². The Morgan fingerprint density at radius 2 is 2.05 bits per heavy atom. The maximum Gasteiger partial charge on any atom is 0.251 e. The lowest BCUT2D eigenvalue weighted by Crippen LogP contribution is -2.22. The van der Waals surface area contributed by atoms with Gasteiger partial charge in [0.25, 0.3) is 5.91 Å². The quantitative estimate of drug-likeness (QED) is 0.860. The Kier molecular flexibility index (Phi) is 4.71. The molecule has 1 aliphatic heterocycles. The van der Waals surface area contributed by atoms with E-state index in [1.54, 1.807) is 13.0 Å². The van der Waals surface area contributed by atoms with Crippen LogP contribution >= 0.6 is 0 Å². The minimum Gasteiger partial charge on any atom is -0.352 e. The van der Waals surface area contributed by atoms with Crippen molar-refractivity contribution in [2.24, 2.45) is 0 Å². The lowest BCUT2D eigenvalue weighted by molar-refractivity contribution is -0.121. The maximum absolute atomic E-state index is 11.7. The molecule has 0 spiro atoms. The summed E-state index contributed by atoms with van der Waals surface area (Å²) in [6.45, 7) is 2.31. The fraction of sp³-hybridized carbons (Fsp3) is 0.250. The lowest BCUT2D eigenvalue weighted by Gasteiger charge is -2.04. The van der Waals surface area contributed by atoms with Crippen LogP contribution in [-0.4, -0.2) is 11.8 Å². The molecular formula is C16H18N2O2. The predicted octanol–water partition coefficient (Wildman–Crippen LogP) is 2.04. The van der Waals surface area contributed by atoms with Crippen LogP contribution in [0.25, 0.3) is 0 Å². The first-order valence-electron chi connectivity index (χ1n) is 6.65. The Morgan fingerprint density at radius 3 is 2.70 bits per heavy atom. The second-order valence-electron chi connectivity index (χ2n) is 4.74. The highest BCUT2D eigenvalue weighted by Gasteiger charge is 2.13. The molecule has 0 fully saturated rings. The van der Waals surface area contributed by atoms with Gasteiger partial charge in [-0.15, -0.1) is 0 Å². The number of carbonyl (C=O) groups excluding carboxylic acids is 2. The van der Waals surface area contributed by atoms with E-state index in [0.717, 1.165) is 11.3 Å². The highest BCUT2D eigenvalue weighted by atomic mass is 16.2. The molecule has 0 saturated carbocycles. The Bertz CT molecular complexity index is 559. The first kappa shape index (κ1) is 14.1. The second kappa shape index (κ2) is 6.70. The number of nitrogens with one attached hydrogen (secondary N) is 2. The molecule has 1 aliphatic rings. The van der Waals surface area contributed by atoms with E-state index in [1.165, 1.54) is 0 Å². The fourth-order valence-corrected chi connectivity index (χ4v) is 1.92. The third-order valence-corrected chi connectivity index (χ3v) is 3.06. The monoisotopic (exact) mass is 270 g/mol. The highest BCUT2D eigenvalue weighted by Crippen LogP contribution is 2.10. The minimum atomic E-state index is -0.0650. The van der Waals surface area contributed by atoms with Crippen molar-refractivity contribution in [3.8, 4) is 0 Å². The van der Waals surface area contributed by atoms with Crippen molar-refractivity contribution < 1.29 is 9.59 Å². The van der Waals surface area contributed by atoms with Crippen LogP contribution in [0.15, 0.2) is 53.8 Å². The number of hydrogen-bond donors (Lipinski definition) is 2. The van der Waals surface area contributed by atoms with Gasteiger partial charge in [0.15, 0.2) is 0 Å². The molecule has 2 amide bonds. The molecule has 0 bridgehead atoms. The van der Waals surface area contributed by atoms with Crippen molar-refractivity contribution in [2.45, 2.75) is 26.3 Å². The SMILES string of the molecule is CC1=C/C(=C/CCC(=O)NCc2ccccc2)NC1=O. The summed E-state index contributed by atoms with van der Waals surface area (Å²) >= 11 is 0. The Labute approximate surface area is 118 Å². The summed E-state index contributed by atoms with van der Waals surface area (Å²) in [5.74, 6) is -0.0551. The van der Waals surface area contributed by atoms with Crippen LogP contribution in [0.3, 0.4) is 0 Å². The molecular weight excluding hydrogens is 252 g/mol. The van der Waals surface area contributed by atoms with E-state index in [1.807, 2.05) is 36.4 Å². The Balaban J connectivity index is 1.71. The van der Waals surface area contributed by atoms with Crippen LogP contribution in [0.4, 0.5) is 0 Å². The molecule has 4 nitrogen and oxygen atoms in total. The van der Waals surface area contributed by atoms with Crippen LogP contribution in [-0.2, 0) is 16.1 Å². The van der Waals surface area contributed by atoms with Gasteiger partial charge in [-0.3, -0.25) is 9.59 Å². The number of carbonyl (C=O) groups is 2. The van der Waals surface area contributed by atoms with E-state index in [0.29, 0.717) is 25.0 Å². The van der Waals surface area contributed by atoms with Crippen LogP contribution in [0.5, 0.6) is 0 Å². The molecule has 4 heteroatoms. The van der Waals surface area contributed by atoms with Crippen molar-refractivity contribution >= 4 is 11.8 Å². The molecule has 104 valence electrons. The Morgan fingerprint density at radius 1 is 1.30 bits per heavy atom. The topological polar surface area (TPSA) is 58.2 Å². The molecule has 2 rings (SSSR count). The number of benzene rings is 1. The van der Waals surface area contributed by atoms with Crippen LogP contribution in [0, 0.1) is 0 Å². The van der Waals surface area contributed by atoms with E-state index in [2.05, 4.69) is 10.6 Å². The van der Waals surface area contributed by atoms with Crippen molar-refractivity contribution in [3.05, 3.63) is 59.3 Å². The minimum absolute atomic E-state index is 0.00993.